The first kappa shape index (κ1) is 11.6. The molecular formula is C18H14O2. The van der Waals surface area contributed by atoms with Gasteiger partial charge in [-0.25, -0.2) is 0 Å². The normalized spacial score (nSPS) is 17.9. The van der Waals surface area contributed by atoms with E-state index in [1.165, 1.54) is 16.2 Å². The van der Waals surface area contributed by atoms with Crippen LogP contribution in [0.1, 0.15) is 28.4 Å². The molecule has 0 N–H and O–H groups in total. The van der Waals surface area contributed by atoms with E-state index in [1.807, 2.05) is 18.2 Å². The number of benzene rings is 3. The van der Waals surface area contributed by atoms with Gasteiger partial charge in [-0.1, -0.05) is 48.5 Å². The van der Waals surface area contributed by atoms with Crippen LogP contribution in [0.15, 0.2) is 48.5 Å². The van der Waals surface area contributed by atoms with Crippen LogP contribution in [-0.2, 0) is 4.74 Å². The molecule has 3 aromatic rings. The van der Waals surface area contributed by atoms with Crippen molar-refractivity contribution in [3.63, 3.8) is 0 Å². The van der Waals surface area contributed by atoms with Crippen molar-refractivity contribution in [1.29, 1.82) is 0 Å². The van der Waals surface area contributed by atoms with E-state index in [4.69, 9.17) is 4.74 Å². The average molecular weight is 262 g/mol. The number of ether oxygens (including phenoxy) is 1. The summed E-state index contributed by atoms with van der Waals surface area (Å²) in [5.74, 6) is 0.182. The summed E-state index contributed by atoms with van der Waals surface area (Å²) in [6.45, 7) is 0. The van der Waals surface area contributed by atoms with Crippen LogP contribution in [0, 0.1) is 0 Å². The monoisotopic (exact) mass is 262 g/mol. The van der Waals surface area contributed by atoms with Gasteiger partial charge in [0, 0.05) is 19.1 Å². The number of hydrogen-bond donors (Lipinski definition) is 0. The van der Waals surface area contributed by atoms with Gasteiger partial charge in [-0.3, -0.25) is 4.79 Å². The smallest absolute Gasteiger partial charge is 0.166 e. The van der Waals surface area contributed by atoms with E-state index in [0.717, 1.165) is 16.5 Å². The summed E-state index contributed by atoms with van der Waals surface area (Å²) < 4.78 is 5.51. The fourth-order valence-electron chi connectivity index (χ4n) is 3.28. The number of Topliss-reactive ketones (excluding diaryl/α,β-unsaturated/α-hetero) is 1. The van der Waals surface area contributed by atoms with E-state index in [2.05, 4.69) is 30.3 Å². The summed E-state index contributed by atoms with van der Waals surface area (Å²) in [7, 11) is 1.67. The van der Waals surface area contributed by atoms with E-state index in [9.17, 15) is 4.79 Å². The SMILES string of the molecule is COC1CC(=O)c2ccc3c(ccc4ccccc43)c21. The second-order valence-corrected chi connectivity index (χ2v) is 5.26. The van der Waals surface area contributed by atoms with Crippen molar-refractivity contribution in [2.24, 2.45) is 0 Å². The minimum Gasteiger partial charge on any atom is -0.376 e. The predicted molar refractivity (Wildman–Crippen MR) is 80.2 cm³/mol. The molecule has 0 fully saturated rings. The van der Waals surface area contributed by atoms with Gasteiger partial charge in [0.05, 0.1) is 6.10 Å². The maximum Gasteiger partial charge on any atom is 0.166 e. The quantitative estimate of drug-likeness (QED) is 0.612. The predicted octanol–water partition coefficient (Wildman–Crippen LogP) is 4.27. The minimum absolute atomic E-state index is 0.109. The Kier molecular flexibility index (Phi) is 2.41. The van der Waals surface area contributed by atoms with Crippen molar-refractivity contribution >= 4 is 27.3 Å². The first-order valence-corrected chi connectivity index (χ1v) is 6.80. The molecule has 4 rings (SSSR count). The molecule has 2 nitrogen and oxygen atoms in total. The zero-order chi connectivity index (χ0) is 13.7. The molecule has 0 radical (unpaired) electrons. The average Bonchev–Trinajstić information content (AvgIpc) is 2.83. The van der Waals surface area contributed by atoms with Crippen molar-refractivity contribution in [2.45, 2.75) is 12.5 Å². The maximum atomic E-state index is 12.1. The lowest BCUT2D eigenvalue weighted by Crippen LogP contribution is -1.97. The number of carbonyl (C=O) groups excluding carboxylic acids is 1. The molecule has 0 bridgehead atoms. The summed E-state index contributed by atoms with van der Waals surface area (Å²) in [5.41, 5.74) is 1.88. The molecule has 0 aromatic heterocycles. The van der Waals surface area contributed by atoms with E-state index >= 15 is 0 Å². The van der Waals surface area contributed by atoms with Crippen LogP contribution >= 0.6 is 0 Å². The highest BCUT2D eigenvalue weighted by Gasteiger charge is 2.31. The Morgan fingerprint density at radius 2 is 1.75 bits per heavy atom. The molecule has 1 aliphatic rings. The highest BCUT2D eigenvalue weighted by Crippen LogP contribution is 2.40. The molecule has 1 unspecified atom stereocenters. The molecule has 1 aliphatic carbocycles. The Bertz CT molecular complexity index is 849. The molecule has 2 heteroatoms. The molecule has 20 heavy (non-hydrogen) atoms. The van der Waals surface area contributed by atoms with Gasteiger partial charge in [0.15, 0.2) is 5.78 Å². The van der Waals surface area contributed by atoms with Crippen molar-refractivity contribution in [1.82, 2.24) is 0 Å². The molecule has 0 spiro atoms. The molecule has 0 saturated carbocycles. The van der Waals surface area contributed by atoms with Crippen LogP contribution < -0.4 is 0 Å². The Morgan fingerprint density at radius 1 is 0.950 bits per heavy atom. The van der Waals surface area contributed by atoms with Crippen LogP contribution in [0.3, 0.4) is 0 Å². The standard InChI is InChI=1S/C18H14O2/c1-20-17-10-16(19)15-9-8-13-12-5-3-2-4-11(12)6-7-14(13)18(15)17/h2-9,17H,10H2,1H3. The lowest BCUT2D eigenvalue weighted by Gasteiger charge is -2.13. The molecule has 0 amide bonds. The number of carbonyl (C=O) groups is 1. The third kappa shape index (κ3) is 1.46. The van der Waals surface area contributed by atoms with Crippen LogP contribution in [0.25, 0.3) is 21.5 Å². The van der Waals surface area contributed by atoms with E-state index in [1.54, 1.807) is 7.11 Å². The number of methoxy groups -OCH3 is 1. The Hall–Kier alpha value is -2.19. The van der Waals surface area contributed by atoms with Gasteiger partial charge in [-0.15, -0.1) is 0 Å². The van der Waals surface area contributed by atoms with Crippen LogP contribution in [0.2, 0.25) is 0 Å². The minimum atomic E-state index is -0.109. The summed E-state index contributed by atoms with van der Waals surface area (Å²) in [6.07, 6.45) is 0.347. The summed E-state index contributed by atoms with van der Waals surface area (Å²) in [4.78, 5) is 12.1. The number of rotatable bonds is 1. The van der Waals surface area contributed by atoms with Gasteiger partial charge in [-0.05, 0) is 27.1 Å². The lowest BCUT2D eigenvalue weighted by atomic mass is 9.95. The molecule has 0 aliphatic heterocycles. The number of hydrogen-bond acceptors (Lipinski definition) is 2. The first-order valence-electron chi connectivity index (χ1n) is 6.80. The Morgan fingerprint density at radius 3 is 2.60 bits per heavy atom. The molecular weight excluding hydrogens is 248 g/mol. The zero-order valence-corrected chi connectivity index (χ0v) is 11.2. The second-order valence-electron chi connectivity index (χ2n) is 5.26. The van der Waals surface area contributed by atoms with Gasteiger partial charge in [0.25, 0.3) is 0 Å². The van der Waals surface area contributed by atoms with Crippen LogP contribution in [0.5, 0.6) is 0 Å². The topological polar surface area (TPSA) is 26.3 Å². The Labute approximate surface area is 117 Å². The molecule has 98 valence electrons. The van der Waals surface area contributed by atoms with Crippen molar-refractivity contribution < 1.29 is 9.53 Å². The third-order valence-electron chi connectivity index (χ3n) is 4.25. The molecule has 1 atom stereocenters. The van der Waals surface area contributed by atoms with Crippen LogP contribution in [0.4, 0.5) is 0 Å². The molecule has 3 aromatic carbocycles. The maximum absolute atomic E-state index is 12.1. The largest absolute Gasteiger partial charge is 0.376 e. The van der Waals surface area contributed by atoms with E-state index < -0.39 is 0 Å². The third-order valence-corrected chi connectivity index (χ3v) is 4.25. The van der Waals surface area contributed by atoms with Gasteiger partial charge in [-0.2, -0.15) is 0 Å². The number of fused-ring (bicyclic) bond motifs is 5. The molecule has 0 heterocycles. The lowest BCUT2D eigenvalue weighted by molar-refractivity contribution is 0.0815. The molecule has 0 saturated heterocycles. The van der Waals surface area contributed by atoms with E-state index in [0.29, 0.717) is 6.42 Å². The second kappa shape index (κ2) is 4.15. The summed E-state index contributed by atoms with van der Waals surface area (Å²) in [5, 5.41) is 4.78. The van der Waals surface area contributed by atoms with Crippen molar-refractivity contribution in [3.8, 4) is 0 Å². The van der Waals surface area contributed by atoms with Crippen molar-refractivity contribution in [3.05, 3.63) is 59.7 Å². The Balaban J connectivity index is 2.15. The fourth-order valence-corrected chi connectivity index (χ4v) is 3.28. The fraction of sp³-hybridized carbons (Fsp3) is 0.167. The summed E-state index contributed by atoms with van der Waals surface area (Å²) in [6, 6.07) is 16.6. The van der Waals surface area contributed by atoms with Gasteiger partial charge in [0.2, 0.25) is 0 Å². The zero-order valence-electron chi connectivity index (χ0n) is 11.2. The van der Waals surface area contributed by atoms with Gasteiger partial charge < -0.3 is 4.74 Å². The van der Waals surface area contributed by atoms with Gasteiger partial charge >= 0.3 is 0 Å². The van der Waals surface area contributed by atoms with Crippen molar-refractivity contribution in [2.75, 3.05) is 7.11 Å². The first-order chi connectivity index (χ1) is 9.79. The highest BCUT2D eigenvalue weighted by molar-refractivity contribution is 6.13. The van der Waals surface area contributed by atoms with Crippen LogP contribution in [-0.4, -0.2) is 12.9 Å². The van der Waals surface area contributed by atoms with E-state index in [-0.39, 0.29) is 11.9 Å². The number of ketones is 1. The van der Waals surface area contributed by atoms with Gasteiger partial charge in [0.1, 0.15) is 0 Å². The highest BCUT2D eigenvalue weighted by atomic mass is 16.5. The summed E-state index contributed by atoms with van der Waals surface area (Å²) >= 11 is 0.